The molecule has 0 spiro atoms. The summed E-state index contributed by atoms with van der Waals surface area (Å²) in [5, 5.41) is 10.5. The molecule has 1 saturated heterocycles. The van der Waals surface area contributed by atoms with Crippen molar-refractivity contribution in [3.05, 3.63) is 36.5 Å². The van der Waals surface area contributed by atoms with Crippen LogP contribution < -0.4 is 0 Å². The Labute approximate surface area is 136 Å². The molecule has 2 aliphatic rings. The SMILES string of the molecule is C=C[C@]1(C)CC[C@@H](O)[C@@](C)(CC[C@H]2C(=C)[C@H](C)CC=C2C)O1. The second-order valence-electron chi connectivity index (χ2n) is 7.74. The number of aliphatic hydroxyl groups is 1. The van der Waals surface area contributed by atoms with Gasteiger partial charge < -0.3 is 9.84 Å². The number of hydrogen-bond donors (Lipinski definition) is 1. The molecular formula is C20H32O2. The van der Waals surface area contributed by atoms with Gasteiger partial charge in [0.1, 0.15) is 0 Å². The smallest absolute Gasteiger partial charge is 0.0924 e. The molecule has 0 saturated carbocycles. The van der Waals surface area contributed by atoms with Gasteiger partial charge in [0.2, 0.25) is 0 Å². The Hall–Kier alpha value is -0.860. The summed E-state index contributed by atoms with van der Waals surface area (Å²) in [7, 11) is 0. The van der Waals surface area contributed by atoms with Crippen molar-refractivity contribution in [1.82, 2.24) is 0 Å². The van der Waals surface area contributed by atoms with Crippen LogP contribution in [0.15, 0.2) is 36.5 Å². The number of allylic oxidation sites excluding steroid dienone is 3. The van der Waals surface area contributed by atoms with Gasteiger partial charge in [-0.15, -0.1) is 6.58 Å². The van der Waals surface area contributed by atoms with Gasteiger partial charge >= 0.3 is 0 Å². The molecule has 0 unspecified atom stereocenters. The van der Waals surface area contributed by atoms with E-state index in [1.165, 1.54) is 11.1 Å². The maximum Gasteiger partial charge on any atom is 0.0924 e. The minimum atomic E-state index is -0.498. The summed E-state index contributed by atoms with van der Waals surface area (Å²) >= 11 is 0. The van der Waals surface area contributed by atoms with Gasteiger partial charge in [-0.3, -0.25) is 0 Å². The highest BCUT2D eigenvalue weighted by molar-refractivity contribution is 5.24. The average molecular weight is 304 g/mol. The largest absolute Gasteiger partial charge is 0.390 e. The highest BCUT2D eigenvalue weighted by atomic mass is 16.5. The number of ether oxygens (including phenoxy) is 1. The molecule has 0 aromatic rings. The minimum Gasteiger partial charge on any atom is -0.390 e. The molecule has 124 valence electrons. The van der Waals surface area contributed by atoms with Gasteiger partial charge in [-0.05, 0) is 58.8 Å². The zero-order valence-electron chi connectivity index (χ0n) is 14.7. The van der Waals surface area contributed by atoms with E-state index in [9.17, 15) is 5.11 Å². The summed E-state index contributed by atoms with van der Waals surface area (Å²) < 4.78 is 6.29. The van der Waals surface area contributed by atoms with Crippen LogP contribution in [0.5, 0.6) is 0 Å². The minimum absolute atomic E-state index is 0.324. The van der Waals surface area contributed by atoms with Crippen LogP contribution in [0.2, 0.25) is 0 Å². The van der Waals surface area contributed by atoms with Crippen molar-refractivity contribution in [2.45, 2.75) is 77.1 Å². The molecule has 0 bridgehead atoms. The van der Waals surface area contributed by atoms with E-state index < -0.39 is 11.7 Å². The summed E-state index contributed by atoms with van der Waals surface area (Å²) in [5.74, 6) is 0.977. The molecule has 0 aromatic heterocycles. The van der Waals surface area contributed by atoms with Crippen molar-refractivity contribution in [3.63, 3.8) is 0 Å². The maximum absolute atomic E-state index is 10.5. The van der Waals surface area contributed by atoms with Crippen LogP contribution in [0.3, 0.4) is 0 Å². The van der Waals surface area contributed by atoms with Crippen LogP contribution in [0.1, 0.15) is 59.8 Å². The Bertz CT molecular complexity index is 478. The summed E-state index contributed by atoms with van der Waals surface area (Å²) in [4.78, 5) is 0. The molecule has 0 radical (unpaired) electrons. The normalized spacial score (nSPS) is 42.9. The van der Waals surface area contributed by atoms with Gasteiger partial charge in [0.15, 0.2) is 0 Å². The predicted octanol–water partition coefficient (Wildman–Crippen LogP) is 4.80. The van der Waals surface area contributed by atoms with Gasteiger partial charge in [-0.25, -0.2) is 0 Å². The average Bonchev–Trinajstić information content (AvgIpc) is 2.48. The second kappa shape index (κ2) is 6.33. The first-order chi connectivity index (χ1) is 10.2. The number of rotatable bonds is 4. The molecule has 2 nitrogen and oxygen atoms in total. The zero-order chi connectivity index (χ0) is 16.5. The van der Waals surface area contributed by atoms with E-state index in [0.29, 0.717) is 11.8 Å². The molecule has 22 heavy (non-hydrogen) atoms. The molecule has 1 N–H and O–H groups in total. The Morgan fingerprint density at radius 3 is 2.77 bits per heavy atom. The van der Waals surface area contributed by atoms with Crippen LogP contribution in [-0.4, -0.2) is 22.4 Å². The number of aliphatic hydroxyl groups excluding tert-OH is 1. The summed E-state index contributed by atoms with van der Waals surface area (Å²) in [5.41, 5.74) is 1.93. The third kappa shape index (κ3) is 3.38. The van der Waals surface area contributed by atoms with E-state index in [2.05, 4.69) is 40.0 Å². The second-order valence-corrected chi connectivity index (χ2v) is 7.74. The first-order valence-corrected chi connectivity index (χ1v) is 8.58. The molecule has 1 fully saturated rings. The van der Waals surface area contributed by atoms with Crippen molar-refractivity contribution >= 4 is 0 Å². The Balaban J connectivity index is 2.08. The molecule has 2 rings (SSSR count). The fraction of sp³-hybridized carbons (Fsp3) is 0.700. The highest BCUT2D eigenvalue weighted by Gasteiger charge is 2.44. The van der Waals surface area contributed by atoms with E-state index in [-0.39, 0.29) is 5.60 Å². The maximum atomic E-state index is 10.5. The molecule has 2 heteroatoms. The summed E-state index contributed by atoms with van der Waals surface area (Å²) in [6, 6.07) is 0. The van der Waals surface area contributed by atoms with Crippen LogP contribution >= 0.6 is 0 Å². The van der Waals surface area contributed by atoms with E-state index in [1.54, 1.807) is 0 Å². The molecule has 5 atom stereocenters. The molecule has 1 heterocycles. The lowest BCUT2D eigenvalue weighted by Crippen LogP contribution is -2.53. The van der Waals surface area contributed by atoms with E-state index in [0.717, 1.165) is 32.1 Å². The quantitative estimate of drug-likeness (QED) is 0.756. The van der Waals surface area contributed by atoms with E-state index in [1.807, 2.05) is 13.0 Å². The lowest BCUT2D eigenvalue weighted by atomic mass is 9.73. The van der Waals surface area contributed by atoms with Crippen LogP contribution in [0.25, 0.3) is 0 Å². The lowest BCUT2D eigenvalue weighted by molar-refractivity contribution is -0.208. The predicted molar refractivity (Wildman–Crippen MR) is 92.7 cm³/mol. The zero-order valence-corrected chi connectivity index (χ0v) is 14.7. The van der Waals surface area contributed by atoms with Gasteiger partial charge in [-0.2, -0.15) is 0 Å². The summed E-state index contributed by atoms with van der Waals surface area (Å²) in [6.07, 6.45) is 8.37. The molecule has 0 amide bonds. The van der Waals surface area contributed by atoms with Crippen LogP contribution in [-0.2, 0) is 4.74 Å². The van der Waals surface area contributed by atoms with Crippen molar-refractivity contribution in [3.8, 4) is 0 Å². The first-order valence-electron chi connectivity index (χ1n) is 8.58. The van der Waals surface area contributed by atoms with Gasteiger partial charge in [0, 0.05) is 5.92 Å². The van der Waals surface area contributed by atoms with Crippen LogP contribution in [0.4, 0.5) is 0 Å². The molecule has 0 aromatic carbocycles. The lowest BCUT2D eigenvalue weighted by Gasteiger charge is -2.47. The molecular weight excluding hydrogens is 272 g/mol. The fourth-order valence-electron chi connectivity index (χ4n) is 3.88. The fourth-order valence-corrected chi connectivity index (χ4v) is 3.88. The first kappa shape index (κ1) is 17.5. The van der Waals surface area contributed by atoms with E-state index >= 15 is 0 Å². The topological polar surface area (TPSA) is 29.5 Å². The Morgan fingerprint density at radius 2 is 2.14 bits per heavy atom. The monoisotopic (exact) mass is 304 g/mol. The third-order valence-electron chi connectivity index (χ3n) is 5.87. The van der Waals surface area contributed by atoms with Crippen molar-refractivity contribution < 1.29 is 9.84 Å². The van der Waals surface area contributed by atoms with Gasteiger partial charge in [0.05, 0.1) is 17.3 Å². The molecule has 1 aliphatic heterocycles. The third-order valence-corrected chi connectivity index (χ3v) is 5.87. The van der Waals surface area contributed by atoms with Crippen LogP contribution in [0, 0.1) is 11.8 Å². The Kier molecular flexibility index (Phi) is 5.03. The van der Waals surface area contributed by atoms with Crippen molar-refractivity contribution in [1.29, 1.82) is 0 Å². The standard InChI is InChI=1S/C20H32O2/c1-7-19(5)12-11-18(21)20(6,22-19)13-10-17-15(3)9-8-14(2)16(17)4/h7,9,14,17-18,21H,1,4,8,10-13H2,2-3,5-6H3/t14-,17-,18-,19-,20-/m1/s1. The van der Waals surface area contributed by atoms with Crippen molar-refractivity contribution in [2.24, 2.45) is 11.8 Å². The summed E-state index contributed by atoms with van der Waals surface area (Å²) in [6.45, 7) is 16.8. The Morgan fingerprint density at radius 1 is 1.45 bits per heavy atom. The van der Waals surface area contributed by atoms with Gasteiger partial charge in [0.25, 0.3) is 0 Å². The number of hydrogen-bond acceptors (Lipinski definition) is 2. The van der Waals surface area contributed by atoms with Gasteiger partial charge in [-0.1, -0.05) is 36.8 Å². The van der Waals surface area contributed by atoms with E-state index in [4.69, 9.17) is 4.74 Å². The highest BCUT2D eigenvalue weighted by Crippen LogP contribution is 2.42. The molecule has 1 aliphatic carbocycles. The van der Waals surface area contributed by atoms with Crippen molar-refractivity contribution in [2.75, 3.05) is 0 Å².